The van der Waals surface area contributed by atoms with Gasteiger partial charge in [-0.1, -0.05) is 13.8 Å². The Kier molecular flexibility index (Phi) is 2.47. The highest BCUT2D eigenvalue weighted by molar-refractivity contribution is 5.78. The van der Waals surface area contributed by atoms with Crippen molar-refractivity contribution in [3.63, 3.8) is 0 Å². The van der Waals surface area contributed by atoms with Crippen LogP contribution in [0.15, 0.2) is 22.6 Å². The molecule has 0 radical (unpaired) electrons. The van der Waals surface area contributed by atoms with Gasteiger partial charge in [0.25, 0.3) is 6.01 Å². The zero-order chi connectivity index (χ0) is 12.8. The molecule has 4 heteroatoms. The molecule has 3 rings (SSSR count). The van der Waals surface area contributed by atoms with Crippen LogP contribution in [-0.4, -0.2) is 18.1 Å². The van der Waals surface area contributed by atoms with E-state index in [2.05, 4.69) is 23.7 Å². The fourth-order valence-electron chi connectivity index (χ4n) is 2.65. The largest absolute Gasteiger partial charge is 0.423 e. The van der Waals surface area contributed by atoms with Crippen molar-refractivity contribution in [1.29, 1.82) is 0 Å². The first-order chi connectivity index (χ1) is 8.53. The highest BCUT2D eigenvalue weighted by atomic mass is 16.4. The number of benzene rings is 1. The lowest BCUT2D eigenvalue weighted by atomic mass is 9.84. The summed E-state index contributed by atoms with van der Waals surface area (Å²) in [6.45, 7) is 6.60. The third kappa shape index (κ3) is 2.03. The third-order valence-electron chi connectivity index (χ3n) is 3.57. The number of aromatic nitrogens is 1. The molecule has 1 aliphatic heterocycles. The fourth-order valence-corrected chi connectivity index (χ4v) is 2.65. The Hall–Kier alpha value is -1.71. The van der Waals surface area contributed by atoms with Gasteiger partial charge in [-0.15, -0.1) is 0 Å². The molecule has 2 aromatic rings. The number of rotatable bonds is 1. The van der Waals surface area contributed by atoms with Crippen molar-refractivity contribution in [2.75, 3.05) is 23.7 Å². The minimum absolute atomic E-state index is 0.331. The fraction of sp³-hybridized carbons (Fsp3) is 0.500. The van der Waals surface area contributed by atoms with Crippen LogP contribution in [-0.2, 0) is 0 Å². The van der Waals surface area contributed by atoms with Crippen LogP contribution in [0.1, 0.15) is 26.7 Å². The monoisotopic (exact) mass is 245 g/mol. The second-order valence-corrected chi connectivity index (χ2v) is 5.91. The number of oxazole rings is 1. The maximum atomic E-state index is 5.82. The Morgan fingerprint density at radius 1 is 1.39 bits per heavy atom. The molecule has 0 aliphatic carbocycles. The lowest BCUT2D eigenvalue weighted by Crippen LogP contribution is -2.40. The van der Waals surface area contributed by atoms with Crippen molar-refractivity contribution in [3.8, 4) is 0 Å². The van der Waals surface area contributed by atoms with Crippen molar-refractivity contribution in [1.82, 2.24) is 4.98 Å². The zero-order valence-corrected chi connectivity index (χ0v) is 10.9. The van der Waals surface area contributed by atoms with Gasteiger partial charge < -0.3 is 15.1 Å². The van der Waals surface area contributed by atoms with Crippen molar-refractivity contribution in [2.24, 2.45) is 5.41 Å². The molecular weight excluding hydrogens is 226 g/mol. The molecule has 0 amide bonds. The van der Waals surface area contributed by atoms with Crippen molar-refractivity contribution >= 4 is 22.8 Å². The summed E-state index contributed by atoms with van der Waals surface area (Å²) in [4.78, 5) is 6.78. The molecule has 0 unspecified atom stereocenters. The maximum Gasteiger partial charge on any atom is 0.298 e. The van der Waals surface area contributed by atoms with E-state index >= 15 is 0 Å². The second kappa shape index (κ2) is 3.90. The summed E-state index contributed by atoms with van der Waals surface area (Å²) in [5.74, 6) is 0. The number of piperidine rings is 1. The molecule has 18 heavy (non-hydrogen) atoms. The van der Waals surface area contributed by atoms with Crippen LogP contribution < -0.4 is 10.6 Å². The zero-order valence-electron chi connectivity index (χ0n) is 10.9. The molecule has 0 spiro atoms. The molecule has 1 saturated heterocycles. The SMILES string of the molecule is CC1(C)CCCN(c2nc3cc(N)ccc3o2)C1. The van der Waals surface area contributed by atoms with Crippen LogP contribution in [0.5, 0.6) is 0 Å². The summed E-state index contributed by atoms with van der Waals surface area (Å²) >= 11 is 0. The van der Waals surface area contributed by atoms with E-state index in [0.29, 0.717) is 5.41 Å². The lowest BCUT2D eigenvalue weighted by molar-refractivity contribution is 0.284. The molecule has 0 atom stereocenters. The van der Waals surface area contributed by atoms with Crippen molar-refractivity contribution in [3.05, 3.63) is 18.2 Å². The highest BCUT2D eigenvalue weighted by Crippen LogP contribution is 2.32. The third-order valence-corrected chi connectivity index (χ3v) is 3.57. The van der Waals surface area contributed by atoms with E-state index in [-0.39, 0.29) is 0 Å². The molecule has 0 saturated carbocycles. The first-order valence-electron chi connectivity index (χ1n) is 6.45. The molecule has 0 bridgehead atoms. The minimum atomic E-state index is 0.331. The molecule has 1 aromatic heterocycles. The van der Waals surface area contributed by atoms with Gasteiger partial charge >= 0.3 is 0 Å². The first kappa shape index (κ1) is 11.4. The Labute approximate surface area is 107 Å². The molecule has 4 nitrogen and oxygen atoms in total. The summed E-state index contributed by atoms with van der Waals surface area (Å²) in [6.07, 6.45) is 2.45. The standard InChI is InChI=1S/C14H19N3O/c1-14(2)6-3-7-17(9-14)13-16-11-8-10(15)4-5-12(11)18-13/h4-5,8H,3,6-7,9,15H2,1-2H3. The van der Waals surface area contributed by atoms with E-state index in [1.165, 1.54) is 12.8 Å². The van der Waals surface area contributed by atoms with Gasteiger partial charge in [-0.2, -0.15) is 4.98 Å². The van der Waals surface area contributed by atoms with Gasteiger partial charge in [0.2, 0.25) is 0 Å². The molecule has 1 fully saturated rings. The van der Waals surface area contributed by atoms with Gasteiger partial charge in [0.15, 0.2) is 5.58 Å². The van der Waals surface area contributed by atoms with Crippen LogP contribution in [0, 0.1) is 5.41 Å². The number of hydrogen-bond acceptors (Lipinski definition) is 4. The average Bonchev–Trinajstić information content (AvgIpc) is 2.70. The van der Waals surface area contributed by atoms with Crippen LogP contribution in [0.25, 0.3) is 11.1 Å². The number of hydrogen-bond donors (Lipinski definition) is 1. The van der Waals surface area contributed by atoms with E-state index in [4.69, 9.17) is 10.2 Å². The van der Waals surface area contributed by atoms with Gasteiger partial charge in [0.1, 0.15) is 5.52 Å². The summed E-state index contributed by atoms with van der Waals surface area (Å²) in [6, 6.07) is 6.31. The smallest absolute Gasteiger partial charge is 0.298 e. The molecule has 1 aliphatic rings. The quantitative estimate of drug-likeness (QED) is 0.785. The van der Waals surface area contributed by atoms with E-state index in [1.54, 1.807) is 0 Å². The van der Waals surface area contributed by atoms with E-state index in [1.807, 2.05) is 18.2 Å². The molecule has 2 N–H and O–H groups in total. The van der Waals surface area contributed by atoms with Gasteiger partial charge in [0, 0.05) is 18.8 Å². The number of nitrogens with zero attached hydrogens (tertiary/aromatic N) is 2. The number of fused-ring (bicyclic) bond motifs is 1. The first-order valence-corrected chi connectivity index (χ1v) is 6.45. The Bertz CT molecular complexity index is 573. The summed E-state index contributed by atoms with van der Waals surface area (Å²) < 4.78 is 5.82. The lowest BCUT2D eigenvalue weighted by Gasteiger charge is -2.37. The number of nitrogens with two attached hydrogens (primary N) is 1. The molecule has 96 valence electrons. The summed E-state index contributed by atoms with van der Waals surface area (Å²) in [7, 11) is 0. The normalized spacial score (nSPS) is 19.3. The van der Waals surface area contributed by atoms with Gasteiger partial charge in [-0.25, -0.2) is 0 Å². The predicted octanol–water partition coefficient (Wildman–Crippen LogP) is 3.04. The van der Waals surface area contributed by atoms with Gasteiger partial charge in [-0.05, 0) is 36.5 Å². The van der Waals surface area contributed by atoms with Crippen LogP contribution in [0.4, 0.5) is 11.7 Å². The highest BCUT2D eigenvalue weighted by Gasteiger charge is 2.28. The minimum Gasteiger partial charge on any atom is -0.423 e. The Balaban J connectivity index is 1.94. The van der Waals surface area contributed by atoms with Crippen molar-refractivity contribution in [2.45, 2.75) is 26.7 Å². The molecular formula is C14H19N3O. The van der Waals surface area contributed by atoms with Crippen molar-refractivity contribution < 1.29 is 4.42 Å². The summed E-state index contributed by atoms with van der Waals surface area (Å²) in [5.41, 5.74) is 8.46. The van der Waals surface area contributed by atoms with Crippen LogP contribution in [0.2, 0.25) is 0 Å². The molecule has 2 heterocycles. The van der Waals surface area contributed by atoms with Crippen LogP contribution >= 0.6 is 0 Å². The van der Waals surface area contributed by atoms with Gasteiger partial charge in [-0.3, -0.25) is 0 Å². The van der Waals surface area contributed by atoms with E-state index < -0.39 is 0 Å². The number of anilines is 2. The van der Waals surface area contributed by atoms with Gasteiger partial charge in [0.05, 0.1) is 0 Å². The average molecular weight is 245 g/mol. The van der Waals surface area contributed by atoms with E-state index in [9.17, 15) is 0 Å². The van der Waals surface area contributed by atoms with Crippen LogP contribution in [0.3, 0.4) is 0 Å². The Morgan fingerprint density at radius 3 is 3.00 bits per heavy atom. The number of nitrogen functional groups attached to an aromatic ring is 1. The Morgan fingerprint density at radius 2 is 2.22 bits per heavy atom. The second-order valence-electron chi connectivity index (χ2n) is 5.91. The van der Waals surface area contributed by atoms with E-state index in [0.717, 1.165) is 35.9 Å². The molecule has 1 aromatic carbocycles. The summed E-state index contributed by atoms with van der Waals surface area (Å²) in [5, 5.41) is 0. The predicted molar refractivity (Wildman–Crippen MR) is 73.6 cm³/mol. The topological polar surface area (TPSA) is 55.3 Å². The maximum absolute atomic E-state index is 5.82.